The number of nitrogens with one attached hydrogen (secondary N) is 1. The number of hydrogen-bond donors (Lipinski definition) is 1. The minimum atomic E-state index is 0. The highest BCUT2D eigenvalue weighted by atomic mass is 35.5. The number of halogens is 1. The van der Waals surface area contributed by atoms with Gasteiger partial charge in [0.25, 0.3) is 0 Å². The van der Waals surface area contributed by atoms with Gasteiger partial charge in [-0.3, -0.25) is 0 Å². The number of thioether (sulfide) groups is 1. The van der Waals surface area contributed by atoms with Crippen LogP contribution >= 0.6 is 24.2 Å². The first-order chi connectivity index (χ1) is 7.88. The van der Waals surface area contributed by atoms with Gasteiger partial charge >= 0.3 is 0 Å². The van der Waals surface area contributed by atoms with Gasteiger partial charge in [-0.2, -0.15) is 0 Å². The second-order valence-electron chi connectivity index (χ2n) is 5.60. The minimum Gasteiger partial charge on any atom is -0.302 e. The second kappa shape index (κ2) is 6.14. The van der Waals surface area contributed by atoms with Crippen LogP contribution in [-0.2, 0) is 0 Å². The van der Waals surface area contributed by atoms with E-state index in [2.05, 4.69) is 22.0 Å². The number of likely N-dealkylation sites (tertiary alicyclic amines) is 1. The molecular formula is C13H25ClN2S. The summed E-state index contributed by atoms with van der Waals surface area (Å²) < 4.78 is 0. The quantitative estimate of drug-likeness (QED) is 0.793. The van der Waals surface area contributed by atoms with Gasteiger partial charge in [-0.25, -0.2) is 0 Å². The Morgan fingerprint density at radius 2 is 1.76 bits per heavy atom. The fourth-order valence-corrected chi connectivity index (χ4v) is 4.86. The first-order valence-electron chi connectivity index (χ1n) is 7.01. The van der Waals surface area contributed by atoms with Crippen molar-refractivity contribution in [3.05, 3.63) is 0 Å². The van der Waals surface area contributed by atoms with Crippen LogP contribution in [0.3, 0.4) is 0 Å². The molecule has 1 aliphatic carbocycles. The Kier molecular flexibility index (Phi) is 5.05. The SMILES string of the molecule is C1CCC(N2CCC3(CC2)NCCS3)CC1.Cl. The predicted molar refractivity (Wildman–Crippen MR) is 78.1 cm³/mol. The van der Waals surface area contributed by atoms with E-state index < -0.39 is 0 Å². The molecule has 1 N–H and O–H groups in total. The third-order valence-corrected chi connectivity index (χ3v) is 6.14. The summed E-state index contributed by atoms with van der Waals surface area (Å²) in [6, 6.07) is 0.928. The van der Waals surface area contributed by atoms with E-state index >= 15 is 0 Å². The summed E-state index contributed by atoms with van der Waals surface area (Å²) in [6.07, 6.45) is 10.1. The number of hydrogen-bond acceptors (Lipinski definition) is 3. The van der Waals surface area contributed by atoms with Crippen LogP contribution in [0, 0.1) is 0 Å². The largest absolute Gasteiger partial charge is 0.302 e. The Balaban J connectivity index is 0.00000108. The summed E-state index contributed by atoms with van der Waals surface area (Å²) in [5.74, 6) is 1.32. The van der Waals surface area contributed by atoms with Crippen LogP contribution < -0.4 is 5.32 Å². The molecule has 2 saturated heterocycles. The molecule has 0 amide bonds. The molecule has 3 fully saturated rings. The Bertz CT molecular complexity index is 228. The maximum absolute atomic E-state index is 3.73. The molecule has 0 aromatic heterocycles. The third-order valence-electron chi connectivity index (χ3n) is 4.62. The lowest BCUT2D eigenvalue weighted by Crippen LogP contribution is -2.51. The fourth-order valence-electron chi connectivity index (χ4n) is 3.59. The van der Waals surface area contributed by atoms with Crippen molar-refractivity contribution in [2.45, 2.75) is 55.9 Å². The summed E-state index contributed by atoms with van der Waals surface area (Å²) in [7, 11) is 0. The van der Waals surface area contributed by atoms with E-state index in [0.29, 0.717) is 4.87 Å². The molecule has 2 nitrogen and oxygen atoms in total. The van der Waals surface area contributed by atoms with Gasteiger partial charge in [0.1, 0.15) is 0 Å². The van der Waals surface area contributed by atoms with Crippen molar-refractivity contribution in [1.82, 2.24) is 10.2 Å². The minimum absolute atomic E-state index is 0. The normalized spacial score (nSPS) is 30.4. The summed E-state index contributed by atoms with van der Waals surface area (Å²) in [4.78, 5) is 3.26. The molecule has 17 heavy (non-hydrogen) atoms. The first-order valence-corrected chi connectivity index (χ1v) is 8.00. The molecule has 3 aliphatic rings. The van der Waals surface area contributed by atoms with Crippen LogP contribution in [0.25, 0.3) is 0 Å². The molecule has 100 valence electrons. The highest BCUT2D eigenvalue weighted by molar-refractivity contribution is 8.00. The Morgan fingerprint density at radius 1 is 1.06 bits per heavy atom. The molecule has 0 aromatic carbocycles. The predicted octanol–water partition coefficient (Wildman–Crippen LogP) is 2.87. The molecule has 2 aliphatic heterocycles. The van der Waals surface area contributed by atoms with Crippen molar-refractivity contribution >= 4 is 24.2 Å². The Hall–Kier alpha value is 0.560. The molecule has 1 saturated carbocycles. The van der Waals surface area contributed by atoms with E-state index in [0.717, 1.165) is 6.04 Å². The van der Waals surface area contributed by atoms with E-state index in [4.69, 9.17) is 0 Å². The van der Waals surface area contributed by atoms with Gasteiger partial charge in [0.15, 0.2) is 0 Å². The van der Waals surface area contributed by atoms with Crippen molar-refractivity contribution in [3.8, 4) is 0 Å². The van der Waals surface area contributed by atoms with E-state index in [1.807, 2.05) is 0 Å². The van der Waals surface area contributed by atoms with E-state index in [1.165, 1.54) is 70.3 Å². The summed E-state index contributed by atoms with van der Waals surface area (Å²) in [5.41, 5.74) is 0. The van der Waals surface area contributed by atoms with Crippen molar-refractivity contribution in [2.24, 2.45) is 0 Å². The average Bonchev–Trinajstić information content (AvgIpc) is 2.80. The zero-order chi connectivity index (χ0) is 10.8. The van der Waals surface area contributed by atoms with Gasteiger partial charge in [-0.05, 0) is 25.7 Å². The highest BCUT2D eigenvalue weighted by Gasteiger charge is 2.38. The summed E-state index contributed by atoms with van der Waals surface area (Å²) >= 11 is 2.18. The molecule has 0 aromatic rings. The van der Waals surface area contributed by atoms with Crippen LogP contribution in [0.2, 0.25) is 0 Å². The molecule has 3 rings (SSSR count). The molecule has 0 radical (unpaired) electrons. The fraction of sp³-hybridized carbons (Fsp3) is 1.00. The van der Waals surface area contributed by atoms with Crippen molar-refractivity contribution < 1.29 is 0 Å². The maximum Gasteiger partial charge on any atom is 0.0670 e. The number of rotatable bonds is 1. The zero-order valence-corrected chi connectivity index (χ0v) is 12.3. The lowest BCUT2D eigenvalue weighted by Gasteiger charge is -2.43. The van der Waals surface area contributed by atoms with Gasteiger partial charge in [-0.15, -0.1) is 24.2 Å². The van der Waals surface area contributed by atoms with Crippen LogP contribution in [0.15, 0.2) is 0 Å². The third kappa shape index (κ3) is 3.12. The average molecular weight is 277 g/mol. The Labute approximate surface area is 116 Å². The van der Waals surface area contributed by atoms with Gasteiger partial charge in [0.05, 0.1) is 4.87 Å². The summed E-state index contributed by atoms with van der Waals surface area (Å²) in [6.45, 7) is 3.91. The molecular weight excluding hydrogens is 252 g/mol. The smallest absolute Gasteiger partial charge is 0.0670 e. The molecule has 0 unspecified atom stereocenters. The molecule has 4 heteroatoms. The van der Waals surface area contributed by atoms with Crippen LogP contribution in [-0.4, -0.2) is 41.2 Å². The maximum atomic E-state index is 3.73. The Morgan fingerprint density at radius 3 is 2.35 bits per heavy atom. The van der Waals surface area contributed by atoms with E-state index in [-0.39, 0.29) is 12.4 Å². The lowest BCUT2D eigenvalue weighted by atomic mass is 9.92. The van der Waals surface area contributed by atoms with Crippen molar-refractivity contribution in [1.29, 1.82) is 0 Å². The number of nitrogens with zero attached hydrogens (tertiary/aromatic N) is 1. The highest BCUT2D eigenvalue weighted by Crippen LogP contribution is 2.38. The lowest BCUT2D eigenvalue weighted by molar-refractivity contribution is 0.110. The van der Waals surface area contributed by atoms with Crippen molar-refractivity contribution in [2.75, 3.05) is 25.4 Å². The standard InChI is InChI=1S/C13H24N2S.ClH/c1-2-4-12(5-3-1)15-9-6-13(7-10-15)14-8-11-16-13;/h12,14H,1-11H2;1H. The summed E-state index contributed by atoms with van der Waals surface area (Å²) in [5, 5.41) is 3.73. The topological polar surface area (TPSA) is 15.3 Å². The van der Waals surface area contributed by atoms with Crippen molar-refractivity contribution in [3.63, 3.8) is 0 Å². The monoisotopic (exact) mass is 276 g/mol. The van der Waals surface area contributed by atoms with Crippen LogP contribution in [0.5, 0.6) is 0 Å². The molecule has 2 heterocycles. The van der Waals surface area contributed by atoms with Crippen LogP contribution in [0.4, 0.5) is 0 Å². The van der Waals surface area contributed by atoms with Gasteiger partial charge < -0.3 is 10.2 Å². The first kappa shape index (κ1) is 14.0. The molecule has 1 spiro atoms. The van der Waals surface area contributed by atoms with E-state index in [1.54, 1.807) is 0 Å². The molecule has 0 bridgehead atoms. The zero-order valence-electron chi connectivity index (χ0n) is 10.6. The molecule has 0 atom stereocenters. The van der Waals surface area contributed by atoms with Crippen LogP contribution in [0.1, 0.15) is 44.9 Å². The van der Waals surface area contributed by atoms with E-state index in [9.17, 15) is 0 Å². The number of piperidine rings is 1. The second-order valence-corrected chi connectivity index (χ2v) is 7.08. The van der Waals surface area contributed by atoms with Gasteiger partial charge in [0.2, 0.25) is 0 Å². The van der Waals surface area contributed by atoms with Gasteiger partial charge in [0, 0.05) is 31.4 Å². The van der Waals surface area contributed by atoms with Gasteiger partial charge in [-0.1, -0.05) is 19.3 Å².